The maximum Gasteiger partial charge on any atom is 0.343 e. The zero-order chi connectivity index (χ0) is 27.4. The third-order valence-electron chi connectivity index (χ3n) is 6.00. The van der Waals surface area contributed by atoms with Gasteiger partial charge in [0.25, 0.3) is 5.69 Å². The van der Waals surface area contributed by atoms with Crippen LogP contribution in [0.25, 0.3) is 16.9 Å². The zero-order valence-corrected chi connectivity index (χ0v) is 21.1. The molecule has 192 valence electrons. The van der Waals surface area contributed by atoms with E-state index in [2.05, 4.69) is 5.10 Å². The van der Waals surface area contributed by atoms with Crippen molar-refractivity contribution in [1.29, 1.82) is 0 Å². The lowest BCUT2D eigenvalue weighted by atomic mass is 9.99. The van der Waals surface area contributed by atoms with Crippen LogP contribution in [0.2, 0.25) is 5.02 Å². The molecule has 0 fully saturated rings. The Bertz CT molecular complexity index is 1630. The first-order valence-electron chi connectivity index (χ1n) is 11.9. The minimum Gasteiger partial charge on any atom is -0.445 e. The third kappa shape index (κ3) is 5.61. The summed E-state index contributed by atoms with van der Waals surface area (Å²) in [5, 5.41) is 16.3. The predicted molar refractivity (Wildman–Crippen MR) is 146 cm³/mol. The smallest absolute Gasteiger partial charge is 0.343 e. The highest BCUT2D eigenvalue weighted by Gasteiger charge is 2.30. The summed E-state index contributed by atoms with van der Waals surface area (Å²) in [7, 11) is 0. The second-order valence-corrected chi connectivity index (χ2v) is 8.98. The maximum atomic E-state index is 13.7. The molecule has 0 aliphatic rings. The standard InChI is InChI=1S/C30H20ClN3O5/c31-23-15-11-20(12-16-23)27-26(19-33(32-27)24-9-5-2-6-10-24)30(36)39-29(28(35)21-7-3-1-4-8-21)22-13-17-25(18-14-22)34(37)38/h1-19,29H/t29-/m0/s1. The molecule has 5 rings (SSSR count). The maximum absolute atomic E-state index is 13.7. The van der Waals surface area contributed by atoms with Gasteiger partial charge in [0.1, 0.15) is 11.3 Å². The van der Waals surface area contributed by atoms with Gasteiger partial charge in [0.2, 0.25) is 5.78 Å². The van der Waals surface area contributed by atoms with Gasteiger partial charge >= 0.3 is 5.97 Å². The number of hydrogen-bond donors (Lipinski definition) is 0. The molecule has 8 nitrogen and oxygen atoms in total. The number of carbonyl (C=O) groups excluding carboxylic acids is 2. The highest BCUT2D eigenvalue weighted by molar-refractivity contribution is 6.30. The van der Waals surface area contributed by atoms with Gasteiger partial charge in [-0.3, -0.25) is 14.9 Å². The Kier molecular flexibility index (Phi) is 7.29. The topological polar surface area (TPSA) is 104 Å². The fourth-order valence-electron chi connectivity index (χ4n) is 4.03. The Morgan fingerprint density at radius 2 is 1.46 bits per heavy atom. The van der Waals surface area contributed by atoms with Crippen molar-refractivity contribution < 1.29 is 19.2 Å². The number of nitro benzene ring substituents is 1. The van der Waals surface area contributed by atoms with E-state index in [4.69, 9.17) is 16.3 Å². The number of ether oxygens (including phenoxy) is 1. The fraction of sp³-hybridized carbons (Fsp3) is 0.0333. The lowest BCUT2D eigenvalue weighted by molar-refractivity contribution is -0.384. The number of aromatic nitrogens is 2. The number of para-hydroxylation sites is 1. The molecule has 0 N–H and O–H groups in total. The predicted octanol–water partition coefficient (Wildman–Crippen LogP) is 6.88. The Morgan fingerprint density at radius 1 is 0.846 bits per heavy atom. The van der Waals surface area contributed by atoms with Crippen molar-refractivity contribution in [3.63, 3.8) is 0 Å². The van der Waals surface area contributed by atoms with Gasteiger partial charge in [-0.25, -0.2) is 9.48 Å². The first kappa shape index (κ1) is 25.6. The van der Waals surface area contributed by atoms with Crippen molar-refractivity contribution >= 4 is 29.0 Å². The van der Waals surface area contributed by atoms with Gasteiger partial charge in [0.05, 0.1) is 10.6 Å². The van der Waals surface area contributed by atoms with Crippen LogP contribution < -0.4 is 0 Å². The Hall–Kier alpha value is -5.08. The van der Waals surface area contributed by atoms with Gasteiger partial charge < -0.3 is 4.74 Å². The van der Waals surface area contributed by atoms with Crippen LogP contribution >= 0.6 is 11.6 Å². The van der Waals surface area contributed by atoms with E-state index >= 15 is 0 Å². The number of nitrogens with zero attached hydrogens (tertiary/aromatic N) is 3. The summed E-state index contributed by atoms with van der Waals surface area (Å²) in [5.41, 5.74) is 2.30. The highest BCUT2D eigenvalue weighted by atomic mass is 35.5. The summed E-state index contributed by atoms with van der Waals surface area (Å²) < 4.78 is 7.39. The van der Waals surface area contributed by atoms with Crippen LogP contribution in [0.3, 0.4) is 0 Å². The van der Waals surface area contributed by atoms with Gasteiger partial charge in [-0.15, -0.1) is 0 Å². The van der Waals surface area contributed by atoms with E-state index in [-0.39, 0.29) is 11.3 Å². The monoisotopic (exact) mass is 537 g/mol. The summed E-state index contributed by atoms with van der Waals surface area (Å²) in [4.78, 5) is 37.8. The van der Waals surface area contributed by atoms with Gasteiger partial charge in [0.15, 0.2) is 6.10 Å². The van der Waals surface area contributed by atoms with Crippen molar-refractivity contribution in [2.45, 2.75) is 6.10 Å². The van der Waals surface area contributed by atoms with Crippen LogP contribution in [0, 0.1) is 10.1 Å². The summed E-state index contributed by atoms with van der Waals surface area (Å²) in [5.74, 6) is -1.25. The lowest BCUT2D eigenvalue weighted by Gasteiger charge is -2.17. The van der Waals surface area contributed by atoms with Crippen LogP contribution in [-0.2, 0) is 4.74 Å². The summed E-state index contributed by atoms with van der Waals surface area (Å²) >= 11 is 6.07. The van der Waals surface area contributed by atoms with E-state index in [9.17, 15) is 19.7 Å². The zero-order valence-electron chi connectivity index (χ0n) is 20.3. The molecule has 1 atom stereocenters. The molecule has 5 aromatic rings. The highest BCUT2D eigenvalue weighted by Crippen LogP contribution is 2.30. The van der Waals surface area contributed by atoms with Gasteiger partial charge in [-0.2, -0.15) is 5.10 Å². The molecule has 9 heteroatoms. The second kappa shape index (κ2) is 11.1. The first-order chi connectivity index (χ1) is 18.9. The van der Waals surface area contributed by atoms with E-state index < -0.39 is 22.8 Å². The van der Waals surface area contributed by atoms with E-state index in [0.717, 1.165) is 5.69 Å². The van der Waals surface area contributed by atoms with Gasteiger partial charge in [-0.1, -0.05) is 72.3 Å². The molecule has 1 aromatic heterocycles. The second-order valence-electron chi connectivity index (χ2n) is 8.54. The quantitative estimate of drug-likeness (QED) is 0.0924. The number of hydrogen-bond acceptors (Lipinski definition) is 6. The molecular weight excluding hydrogens is 518 g/mol. The van der Waals surface area contributed by atoms with Crippen molar-refractivity contribution in [3.8, 4) is 16.9 Å². The van der Waals surface area contributed by atoms with E-state index in [0.29, 0.717) is 27.4 Å². The molecule has 1 heterocycles. The largest absolute Gasteiger partial charge is 0.445 e. The normalized spacial score (nSPS) is 11.5. The van der Waals surface area contributed by atoms with Crippen LogP contribution in [0.4, 0.5) is 5.69 Å². The summed E-state index contributed by atoms with van der Waals surface area (Å²) in [6.07, 6.45) is 0.195. The molecule has 0 radical (unpaired) electrons. The molecule has 39 heavy (non-hydrogen) atoms. The minimum atomic E-state index is -1.35. The minimum absolute atomic E-state index is 0.133. The molecule has 4 aromatic carbocycles. The molecule has 0 aliphatic heterocycles. The number of Topliss-reactive ketones (excluding diaryl/α,β-unsaturated/α-hetero) is 1. The third-order valence-corrected chi connectivity index (χ3v) is 6.25. The van der Waals surface area contributed by atoms with Gasteiger partial charge in [0, 0.05) is 40.0 Å². The number of carbonyl (C=O) groups is 2. The van der Waals surface area contributed by atoms with Crippen molar-refractivity contribution in [3.05, 3.63) is 147 Å². The first-order valence-corrected chi connectivity index (χ1v) is 12.2. The molecular formula is C30H20ClN3O5. The summed E-state index contributed by atoms with van der Waals surface area (Å²) in [6, 6.07) is 29.8. The van der Waals surface area contributed by atoms with Gasteiger partial charge in [-0.05, 0) is 36.4 Å². The van der Waals surface area contributed by atoms with Crippen molar-refractivity contribution in [2.75, 3.05) is 0 Å². The number of nitro groups is 1. The Balaban J connectivity index is 1.56. The van der Waals surface area contributed by atoms with Crippen molar-refractivity contribution in [2.24, 2.45) is 0 Å². The molecule has 0 amide bonds. The molecule has 0 saturated heterocycles. The number of esters is 1. The van der Waals surface area contributed by atoms with Crippen LogP contribution in [0.5, 0.6) is 0 Å². The van der Waals surface area contributed by atoms with Crippen LogP contribution in [0.15, 0.2) is 115 Å². The lowest BCUT2D eigenvalue weighted by Crippen LogP contribution is -2.20. The molecule has 0 unspecified atom stereocenters. The average molecular weight is 538 g/mol. The number of rotatable bonds is 8. The number of non-ortho nitro benzene ring substituents is 1. The Morgan fingerprint density at radius 3 is 2.08 bits per heavy atom. The Labute approximate surface area is 228 Å². The van der Waals surface area contributed by atoms with Crippen molar-refractivity contribution in [1.82, 2.24) is 9.78 Å². The molecule has 0 saturated carbocycles. The van der Waals surface area contributed by atoms with E-state index in [1.54, 1.807) is 65.5 Å². The molecule has 0 spiro atoms. The van der Waals surface area contributed by atoms with Crippen LogP contribution in [-0.4, -0.2) is 26.5 Å². The number of benzene rings is 4. The van der Waals surface area contributed by atoms with E-state index in [1.807, 2.05) is 30.3 Å². The molecule has 0 bridgehead atoms. The fourth-order valence-corrected chi connectivity index (χ4v) is 4.15. The number of ketones is 1. The average Bonchev–Trinajstić information content (AvgIpc) is 3.43. The number of halogens is 1. The summed E-state index contributed by atoms with van der Waals surface area (Å²) in [6.45, 7) is 0. The van der Waals surface area contributed by atoms with Crippen LogP contribution in [0.1, 0.15) is 32.4 Å². The SMILES string of the molecule is O=C(O[C@H](C(=O)c1ccccc1)c1ccc([N+](=O)[O-])cc1)c1cn(-c2ccccc2)nc1-c1ccc(Cl)cc1. The molecule has 0 aliphatic carbocycles. The van der Waals surface area contributed by atoms with E-state index in [1.165, 1.54) is 24.3 Å².